The van der Waals surface area contributed by atoms with Gasteiger partial charge in [0.15, 0.2) is 5.96 Å². The van der Waals surface area contributed by atoms with Crippen LogP contribution in [0.1, 0.15) is 45.6 Å². The van der Waals surface area contributed by atoms with Crippen LogP contribution < -0.4 is 16.4 Å². The molecule has 1 rings (SSSR count). The molecule has 1 unspecified atom stereocenters. The predicted molar refractivity (Wildman–Crippen MR) is 116 cm³/mol. The van der Waals surface area contributed by atoms with Gasteiger partial charge in [-0.2, -0.15) is 0 Å². The standard InChI is InChI=1S/C19H32N4O.HI/c1-15(2)8-7-9-16(3)23-19(20)22-14-18(24)21-13-12-17-10-5-4-6-11-17;/h4-6,10-11,15-16H,7-9,12-14H2,1-3H3,(H,21,24)(H3,20,22,23);1H. The quantitative estimate of drug-likeness (QED) is 0.285. The average molecular weight is 460 g/mol. The molecule has 0 radical (unpaired) electrons. The van der Waals surface area contributed by atoms with Crippen LogP contribution in [0.5, 0.6) is 0 Å². The Bertz CT molecular complexity index is 505. The van der Waals surface area contributed by atoms with Gasteiger partial charge in [0.05, 0.1) is 0 Å². The molecule has 1 amide bonds. The third-order valence-corrected chi connectivity index (χ3v) is 3.78. The predicted octanol–water partition coefficient (Wildman–Crippen LogP) is 3.08. The molecule has 0 spiro atoms. The molecule has 4 N–H and O–H groups in total. The summed E-state index contributed by atoms with van der Waals surface area (Å²) in [5.41, 5.74) is 7.04. The summed E-state index contributed by atoms with van der Waals surface area (Å²) < 4.78 is 0. The number of nitrogens with two attached hydrogens (primary N) is 1. The summed E-state index contributed by atoms with van der Waals surface area (Å²) in [6.07, 6.45) is 4.25. The highest BCUT2D eigenvalue weighted by atomic mass is 127. The number of carbonyl (C=O) groups is 1. The number of nitrogens with zero attached hydrogens (tertiary/aromatic N) is 1. The van der Waals surface area contributed by atoms with Gasteiger partial charge in [-0.15, -0.1) is 24.0 Å². The Morgan fingerprint density at radius 1 is 1.16 bits per heavy atom. The molecule has 6 heteroatoms. The van der Waals surface area contributed by atoms with Crippen molar-refractivity contribution in [3.63, 3.8) is 0 Å². The fraction of sp³-hybridized carbons (Fsp3) is 0.579. The molecule has 0 heterocycles. The van der Waals surface area contributed by atoms with E-state index in [4.69, 9.17) is 5.73 Å². The van der Waals surface area contributed by atoms with Crippen molar-refractivity contribution >= 4 is 35.8 Å². The number of rotatable bonds is 10. The first-order chi connectivity index (χ1) is 11.5. The smallest absolute Gasteiger partial charge is 0.241 e. The third kappa shape index (κ3) is 12.7. The van der Waals surface area contributed by atoms with E-state index < -0.39 is 0 Å². The van der Waals surface area contributed by atoms with Gasteiger partial charge in [-0.25, -0.2) is 4.99 Å². The van der Waals surface area contributed by atoms with Crippen LogP contribution in [-0.2, 0) is 11.2 Å². The summed E-state index contributed by atoms with van der Waals surface area (Å²) in [4.78, 5) is 15.9. The van der Waals surface area contributed by atoms with Gasteiger partial charge in [0.25, 0.3) is 0 Å². The van der Waals surface area contributed by atoms with Crippen molar-refractivity contribution in [3.8, 4) is 0 Å². The van der Waals surface area contributed by atoms with Gasteiger partial charge < -0.3 is 16.4 Å². The minimum atomic E-state index is -0.108. The topological polar surface area (TPSA) is 79.5 Å². The number of hydrogen-bond acceptors (Lipinski definition) is 2. The lowest BCUT2D eigenvalue weighted by Crippen LogP contribution is -2.39. The van der Waals surface area contributed by atoms with Crippen molar-refractivity contribution in [1.29, 1.82) is 0 Å². The Morgan fingerprint density at radius 3 is 2.48 bits per heavy atom. The van der Waals surface area contributed by atoms with E-state index in [-0.39, 0.29) is 42.5 Å². The molecule has 1 aromatic carbocycles. The van der Waals surface area contributed by atoms with E-state index in [1.807, 2.05) is 30.3 Å². The molecule has 0 bridgehead atoms. The molecule has 0 saturated heterocycles. The summed E-state index contributed by atoms with van der Waals surface area (Å²) >= 11 is 0. The molecule has 1 atom stereocenters. The average Bonchev–Trinajstić information content (AvgIpc) is 2.53. The second kappa shape index (κ2) is 13.9. The van der Waals surface area contributed by atoms with Gasteiger partial charge in [-0.1, -0.05) is 57.0 Å². The first-order valence-electron chi connectivity index (χ1n) is 8.84. The zero-order chi connectivity index (χ0) is 17.8. The number of aliphatic imine (C=N–C) groups is 1. The highest BCUT2D eigenvalue weighted by Crippen LogP contribution is 2.07. The monoisotopic (exact) mass is 460 g/mol. The Hall–Kier alpha value is -1.31. The number of benzene rings is 1. The van der Waals surface area contributed by atoms with Gasteiger partial charge >= 0.3 is 0 Å². The highest BCUT2D eigenvalue weighted by Gasteiger charge is 2.05. The van der Waals surface area contributed by atoms with Crippen LogP contribution in [0, 0.1) is 5.92 Å². The second-order valence-electron chi connectivity index (χ2n) is 6.66. The van der Waals surface area contributed by atoms with Crippen LogP contribution in [0.15, 0.2) is 35.3 Å². The number of nitrogens with one attached hydrogen (secondary N) is 2. The lowest BCUT2D eigenvalue weighted by molar-refractivity contribution is -0.119. The number of guanidine groups is 1. The number of halogens is 1. The van der Waals surface area contributed by atoms with Crippen molar-refractivity contribution in [2.24, 2.45) is 16.6 Å². The highest BCUT2D eigenvalue weighted by molar-refractivity contribution is 14.0. The zero-order valence-electron chi connectivity index (χ0n) is 15.6. The zero-order valence-corrected chi connectivity index (χ0v) is 18.0. The molecule has 0 fully saturated rings. The molecule has 1 aromatic rings. The molecule has 0 aliphatic heterocycles. The van der Waals surface area contributed by atoms with Crippen molar-refractivity contribution in [1.82, 2.24) is 10.6 Å². The lowest BCUT2D eigenvalue weighted by Gasteiger charge is -2.15. The Balaban J connectivity index is 0.00000576. The van der Waals surface area contributed by atoms with Crippen molar-refractivity contribution in [2.45, 2.75) is 52.5 Å². The van der Waals surface area contributed by atoms with Crippen LogP contribution in [0.2, 0.25) is 0 Å². The van der Waals surface area contributed by atoms with Crippen LogP contribution in [0.25, 0.3) is 0 Å². The van der Waals surface area contributed by atoms with E-state index in [1.54, 1.807) is 0 Å². The van der Waals surface area contributed by atoms with Gasteiger partial charge in [0.2, 0.25) is 5.91 Å². The van der Waals surface area contributed by atoms with Gasteiger partial charge in [-0.3, -0.25) is 4.79 Å². The number of carbonyl (C=O) groups excluding carboxylic acids is 1. The summed E-state index contributed by atoms with van der Waals surface area (Å²) in [7, 11) is 0. The molecular formula is C19H33IN4O. The molecule has 5 nitrogen and oxygen atoms in total. The third-order valence-electron chi connectivity index (χ3n) is 3.78. The van der Waals surface area contributed by atoms with E-state index in [0.29, 0.717) is 12.5 Å². The van der Waals surface area contributed by atoms with Gasteiger partial charge in [0, 0.05) is 12.6 Å². The van der Waals surface area contributed by atoms with Gasteiger partial charge in [-0.05, 0) is 31.2 Å². The van der Waals surface area contributed by atoms with Crippen LogP contribution in [0.4, 0.5) is 0 Å². The summed E-state index contributed by atoms with van der Waals surface area (Å²) in [6, 6.07) is 10.3. The van der Waals surface area contributed by atoms with E-state index in [9.17, 15) is 4.79 Å². The van der Waals surface area contributed by atoms with E-state index in [2.05, 4.69) is 36.4 Å². The maximum Gasteiger partial charge on any atom is 0.241 e. The normalized spacial score (nSPS) is 12.4. The van der Waals surface area contributed by atoms with Crippen molar-refractivity contribution in [2.75, 3.05) is 13.1 Å². The minimum Gasteiger partial charge on any atom is -0.370 e. The fourth-order valence-electron chi connectivity index (χ4n) is 2.41. The summed E-state index contributed by atoms with van der Waals surface area (Å²) in [6.45, 7) is 7.21. The molecule has 0 aliphatic carbocycles. The SMILES string of the molecule is CC(C)CCCC(C)NC(N)=NCC(=O)NCCc1ccccc1.I. The molecule has 25 heavy (non-hydrogen) atoms. The maximum atomic E-state index is 11.8. The molecule has 142 valence electrons. The Morgan fingerprint density at radius 2 is 1.84 bits per heavy atom. The van der Waals surface area contributed by atoms with Crippen molar-refractivity contribution < 1.29 is 4.79 Å². The molecule has 0 saturated carbocycles. The summed E-state index contributed by atoms with van der Waals surface area (Å²) in [5, 5.41) is 6.00. The molecular weight excluding hydrogens is 427 g/mol. The first kappa shape index (κ1) is 23.7. The second-order valence-corrected chi connectivity index (χ2v) is 6.66. The molecule has 0 aromatic heterocycles. The van der Waals surface area contributed by atoms with Crippen LogP contribution in [-0.4, -0.2) is 31.0 Å². The number of amides is 1. The Kier molecular flexibility index (Phi) is 13.2. The van der Waals surface area contributed by atoms with Crippen LogP contribution >= 0.6 is 24.0 Å². The van der Waals surface area contributed by atoms with Crippen LogP contribution in [0.3, 0.4) is 0 Å². The molecule has 0 aliphatic rings. The fourth-order valence-corrected chi connectivity index (χ4v) is 2.41. The first-order valence-corrected chi connectivity index (χ1v) is 8.84. The number of hydrogen-bond donors (Lipinski definition) is 3. The van der Waals surface area contributed by atoms with E-state index in [0.717, 1.165) is 18.8 Å². The minimum absolute atomic E-state index is 0. The largest absolute Gasteiger partial charge is 0.370 e. The van der Waals surface area contributed by atoms with E-state index >= 15 is 0 Å². The summed E-state index contributed by atoms with van der Waals surface area (Å²) in [5.74, 6) is 0.955. The van der Waals surface area contributed by atoms with Gasteiger partial charge in [0.1, 0.15) is 6.54 Å². The van der Waals surface area contributed by atoms with E-state index in [1.165, 1.54) is 18.4 Å². The Labute approximate surface area is 169 Å². The maximum absolute atomic E-state index is 11.8. The lowest BCUT2D eigenvalue weighted by atomic mass is 10.0. The van der Waals surface area contributed by atoms with Crippen molar-refractivity contribution in [3.05, 3.63) is 35.9 Å².